The van der Waals surface area contributed by atoms with Gasteiger partial charge >= 0.3 is 0 Å². The number of nitrogens with zero attached hydrogens (tertiary/aromatic N) is 4. The van der Waals surface area contributed by atoms with Gasteiger partial charge in [0, 0.05) is 63.1 Å². The van der Waals surface area contributed by atoms with Crippen molar-refractivity contribution >= 4 is 35.4 Å². The number of ketones is 2. The third-order valence-electron chi connectivity index (χ3n) is 5.27. The van der Waals surface area contributed by atoms with Gasteiger partial charge in [0.15, 0.2) is 11.6 Å². The molecule has 0 N–H and O–H groups in total. The normalized spacial score (nSPS) is 11.2. The minimum Gasteiger partial charge on any atom is -0.378 e. The second-order valence-corrected chi connectivity index (χ2v) is 8.34. The van der Waals surface area contributed by atoms with Crippen LogP contribution in [0.25, 0.3) is 0 Å². The average molecular weight is 455 g/mol. The van der Waals surface area contributed by atoms with Crippen LogP contribution in [-0.2, 0) is 0 Å². The Morgan fingerprint density at radius 2 is 1.03 bits per heavy atom. The van der Waals surface area contributed by atoms with E-state index in [9.17, 15) is 9.59 Å². The molecule has 0 aliphatic rings. The number of benzene rings is 3. The van der Waals surface area contributed by atoms with E-state index in [1.807, 2.05) is 111 Å². The van der Waals surface area contributed by atoms with Crippen LogP contribution in [0.3, 0.4) is 0 Å². The SMILES string of the molecule is CN(C)c1ccc(C(=O)CN=Cc2cccc(C=NCC(=O)c3ccc(N(C)C)cc3)c2)cc1. The molecule has 0 aromatic heterocycles. The molecule has 0 spiro atoms. The summed E-state index contributed by atoms with van der Waals surface area (Å²) in [6, 6.07) is 22.6. The Kier molecular flexibility index (Phi) is 8.46. The molecule has 0 saturated carbocycles. The maximum Gasteiger partial charge on any atom is 0.184 e. The van der Waals surface area contributed by atoms with Crippen LogP contribution in [0.4, 0.5) is 11.4 Å². The number of hydrogen-bond acceptors (Lipinski definition) is 6. The van der Waals surface area contributed by atoms with Crippen molar-refractivity contribution in [2.75, 3.05) is 51.1 Å². The molecule has 34 heavy (non-hydrogen) atoms. The van der Waals surface area contributed by atoms with E-state index in [4.69, 9.17) is 0 Å². The Morgan fingerprint density at radius 3 is 1.38 bits per heavy atom. The zero-order chi connectivity index (χ0) is 24.5. The summed E-state index contributed by atoms with van der Waals surface area (Å²) in [5.41, 5.74) is 5.11. The van der Waals surface area contributed by atoms with E-state index >= 15 is 0 Å². The largest absolute Gasteiger partial charge is 0.378 e. The van der Waals surface area contributed by atoms with E-state index in [0.717, 1.165) is 22.5 Å². The maximum atomic E-state index is 12.4. The van der Waals surface area contributed by atoms with E-state index in [1.165, 1.54) is 0 Å². The lowest BCUT2D eigenvalue weighted by Crippen LogP contribution is -2.09. The van der Waals surface area contributed by atoms with Gasteiger partial charge in [-0.05, 0) is 65.7 Å². The molecule has 3 aromatic carbocycles. The van der Waals surface area contributed by atoms with Crippen molar-refractivity contribution in [1.82, 2.24) is 0 Å². The average Bonchev–Trinajstić information content (AvgIpc) is 2.84. The highest BCUT2D eigenvalue weighted by molar-refractivity contribution is 6.00. The van der Waals surface area contributed by atoms with E-state index in [2.05, 4.69) is 9.98 Å². The maximum absolute atomic E-state index is 12.4. The molecule has 0 bridgehead atoms. The highest BCUT2D eigenvalue weighted by atomic mass is 16.1. The van der Waals surface area contributed by atoms with Crippen LogP contribution in [0.5, 0.6) is 0 Å². The van der Waals surface area contributed by atoms with Crippen LogP contribution < -0.4 is 9.80 Å². The summed E-state index contributed by atoms with van der Waals surface area (Å²) in [4.78, 5) is 37.3. The molecule has 0 amide bonds. The van der Waals surface area contributed by atoms with Crippen LogP contribution >= 0.6 is 0 Å². The molecular formula is C28H30N4O2. The molecule has 0 saturated heterocycles. The predicted molar refractivity (Wildman–Crippen MR) is 142 cm³/mol. The fourth-order valence-corrected chi connectivity index (χ4v) is 3.26. The Balaban J connectivity index is 1.54. The minimum atomic E-state index is -0.0311. The van der Waals surface area contributed by atoms with Crippen molar-refractivity contribution in [1.29, 1.82) is 0 Å². The molecule has 0 radical (unpaired) electrons. The molecule has 6 heteroatoms. The standard InChI is InChI=1S/C28H30N4O2/c1-31(2)25-12-8-23(9-13-25)27(33)19-29-17-21-6-5-7-22(16-21)18-30-20-28(34)24-10-14-26(15-11-24)32(3)4/h5-18H,19-20H2,1-4H3. The summed E-state index contributed by atoms with van der Waals surface area (Å²) in [6.07, 6.45) is 3.36. The zero-order valence-corrected chi connectivity index (χ0v) is 20.1. The lowest BCUT2D eigenvalue weighted by Gasteiger charge is -2.12. The van der Waals surface area contributed by atoms with E-state index in [0.29, 0.717) is 11.1 Å². The summed E-state index contributed by atoms with van der Waals surface area (Å²) in [5, 5.41) is 0. The molecule has 3 aromatic rings. The number of aliphatic imine (C=N–C) groups is 2. The fourth-order valence-electron chi connectivity index (χ4n) is 3.26. The van der Waals surface area contributed by atoms with Gasteiger partial charge in [0.2, 0.25) is 0 Å². The van der Waals surface area contributed by atoms with Gasteiger partial charge in [-0.2, -0.15) is 0 Å². The molecular weight excluding hydrogens is 424 g/mol. The second-order valence-electron chi connectivity index (χ2n) is 8.34. The monoisotopic (exact) mass is 454 g/mol. The molecule has 0 unspecified atom stereocenters. The van der Waals surface area contributed by atoms with Gasteiger partial charge in [0.1, 0.15) is 13.1 Å². The van der Waals surface area contributed by atoms with E-state index in [1.54, 1.807) is 12.4 Å². The number of anilines is 2. The van der Waals surface area contributed by atoms with Crippen molar-refractivity contribution in [3.05, 3.63) is 95.1 Å². The van der Waals surface area contributed by atoms with Crippen LogP contribution in [-0.4, -0.2) is 65.3 Å². The van der Waals surface area contributed by atoms with E-state index in [-0.39, 0.29) is 24.7 Å². The van der Waals surface area contributed by atoms with Crippen molar-refractivity contribution in [3.8, 4) is 0 Å². The molecule has 0 aliphatic heterocycles. The third-order valence-corrected chi connectivity index (χ3v) is 5.27. The lowest BCUT2D eigenvalue weighted by atomic mass is 10.1. The molecule has 174 valence electrons. The molecule has 6 nitrogen and oxygen atoms in total. The Morgan fingerprint density at radius 1 is 0.647 bits per heavy atom. The predicted octanol–water partition coefficient (Wildman–Crippen LogP) is 4.42. The van der Waals surface area contributed by atoms with Gasteiger partial charge in [-0.1, -0.05) is 18.2 Å². The van der Waals surface area contributed by atoms with Gasteiger partial charge in [0.25, 0.3) is 0 Å². The first-order valence-corrected chi connectivity index (χ1v) is 11.0. The van der Waals surface area contributed by atoms with Crippen molar-refractivity contribution in [2.24, 2.45) is 9.98 Å². The van der Waals surface area contributed by atoms with Gasteiger partial charge in [-0.25, -0.2) is 0 Å². The number of hydrogen-bond donors (Lipinski definition) is 0. The van der Waals surface area contributed by atoms with Crippen LogP contribution in [0.1, 0.15) is 31.8 Å². The summed E-state index contributed by atoms with van der Waals surface area (Å²) in [7, 11) is 7.84. The van der Waals surface area contributed by atoms with Crippen LogP contribution in [0.2, 0.25) is 0 Å². The number of Topliss-reactive ketones (excluding diaryl/α,β-unsaturated/α-hetero) is 2. The fraction of sp³-hybridized carbons (Fsp3) is 0.214. The summed E-state index contributed by atoms with van der Waals surface area (Å²) in [5.74, 6) is -0.0622. The van der Waals surface area contributed by atoms with Crippen LogP contribution in [0.15, 0.2) is 82.8 Å². The highest BCUT2D eigenvalue weighted by Gasteiger charge is 2.06. The summed E-state index contributed by atoms with van der Waals surface area (Å²) in [6.45, 7) is 0.168. The Bertz CT molecular complexity index is 1090. The first kappa shape index (κ1) is 24.6. The molecule has 0 heterocycles. The van der Waals surface area contributed by atoms with Crippen molar-refractivity contribution in [2.45, 2.75) is 0 Å². The topological polar surface area (TPSA) is 65.3 Å². The molecule has 0 aliphatic carbocycles. The highest BCUT2D eigenvalue weighted by Crippen LogP contribution is 2.14. The minimum absolute atomic E-state index is 0.0311. The smallest absolute Gasteiger partial charge is 0.184 e. The summed E-state index contributed by atoms with van der Waals surface area (Å²) >= 11 is 0. The van der Waals surface area contributed by atoms with Crippen molar-refractivity contribution in [3.63, 3.8) is 0 Å². The Hall–Kier alpha value is -4.06. The van der Waals surface area contributed by atoms with Gasteiger partial charge in [-0.3, -0.25) is 19.6 Å². The number of carbonyl (C=O) groups is 2. The Labute approximate surface area is 201 Å². The summed E-state index contributed by atoms with van der Waals surface area (Å²) < 4.78 is 0. The lowest BCUT2D eigenvalue weighted by molar-refractivity contribution is 0.0994. The third kappa shape index (κ3) is 6.97. The quantitative estimate of drug-likeness (QED) is 0.336. The second kappa shape index (κ2) is 11.7. The molecule has 0 atom stereocenters. The van der Waals surface area contributed by atoms with Gasteiger partial charge < -0.3 is 9.80 Å². The first-order valence-electron chi connectivity index (χ1n) is 11.0. The zero-order valence-electron chi connectivity index (χ0n) is 20.1. The molecule has 3 rings (SSSR count). The number of rotatable bonds is 10. The van der Waals surface area contributed by atoms with E-state index < -0.39 is 0 Å². The number of carbonyl (C=O) groups excluding carboxylic acids is 2. The first-order chi connectivity index (χ1) is 16.3. The molecule has 0 fully saturated rings. The van der Waals surface area contributed by atoms with Gasteiger partial charge in [0.05, 0.1) is 0 Å². The van der Waals surface area contributed by atoms with Gasteiger partial charge in [-0.15, -0.1) is 0 Å². The van der Waals surface area contributed by atoms with Crippen LogP contribution in [0, 0.1) is 0 Å². The van der Waals surface area contributed by atoms with Crippen molar-refractivity contribution < 1.29 is 9.59 Å².